The van der Waals surface area contributed by atoms with Crippen molar-refractivity contribution in [1.29, 1.82) is 0 Å². The van der Waals surface area contributed by atoms with Crippen LogP contribution < -0.4 is 5.32 Å². The molecule has 0 spiro atoms. The summed E-state index contributed by atoms with van der Waals surface area (Å²) in [5.41, 5.74) is 1.50. The van der Waals surface area contributed by atoms with Crippen LogP contribution in [0.4, 0.5) is 0 Å². The molecule has 0 aromatic heterocycles. The zero-order valence-electron chi connectivity index (χ0n) is 17.6. The number of methoxy groups -OCH3 is 1. The van der Waals surface area contributed by atoms with Gasteiger partial charge in [-0.05, 0) is 60.8 Å². The van der Waals surface area contributed by atoms with Gasteiger partial charge in [-0.15, -0.1) is 0 Å². The largest absolute Gasteiger partial charge is 0.468 e. The van der Waals surface area contributed by atoms with Crippen LogP contribution >= 0.6 is 0 Å². The lowest BCUT2D eigenvalue weighted by atomic mass is 9.38. The molecule has 5 nitrogen and oxygen atoms in total. The Kier molecular flexibility index (Phi) is 4.32. The van der Waals surface area contributed by atoms with Crippen molar-refractivity contribution in [2.45, 2.75) is 56.9 Å². The van der Waals surface area contributed by atoms with E-state index in [1.54, 1.807) is 0 Å². The van der Waals surface area contributed by atoms with Crippen molar-refractivity contribution in [2.24, 2.45) is 16.7 Å². The van der Waals surface area contributed by atoms with Gasteiger partial charge in [0.1, 0.15) is 6.04 Å². The molecule has 5 atom stereocenters. The maximum Gasteiger partial charge on any atom is 0.324 e. The predicted molar refractivity (Wildman–Crippen MR) is 110 cm³/mol. The summed E-state index contributed by atoms with van der Waals surface area (Å²) in [4.78, 5) is 28.0. The van der Waals surface area contributed by atoms with Crippen LogP contribution in [0.25, 0.3) is 0 Å². The van der Waals surface area contributed by atoms with Gasteiger partial charge in [0.05, 0.1) is 12.5 Å². The molecule has 4 saturated carbocycles. The first kappa shape index (κ1) is 19.1. The first-order valence-corrected chi connectivity index (χ1v) is 11.0. The molecule has 1 saturated heterocycles. The fourth-order valence-corrected chi connectivity index (χ4v) is 7.84. The highest BCUT2D eigenvalue weighted by Crippen LogP contribution is 2.70. The molecular weight excluding hydrogens is 364 g/mol. The second kappa shape index (κ2) is 6.56. The lowest BCUT2D eigenvalue weighted by molar-refractivity contribution is -0.172. The van der Waals surface area contributed by atoms with Crippen molar-refractivity contribution in [3.8, 4) is 0 Å². The molecule has 5 heteroatoms. The minimum absolute atomic E-state index is 0.126. The second-order valence-electron chi connectivity index (χ2n) is 10.5. The maximum atomic E-state index is 14.0. The summed E-state index contributed by atoms with van der Waals surface area (Å²) in [5.74, 6) is 0.629. The zero-order chi connectivity index (χ0) is 20.3. The van der Waals surface area contributed by atoms with Gasteiger partial charge in [-0.25, -0.2) is 0 Å². The van der Waals surface area contributed by atoms with Crippen molar-refractivity contribution < 1.29 is 14.3 Å². The highest BCUT2D eigenvalue weighted by molar-refractivity contribution is 5.85. The van der Waals surface area contributed by atoms with E-state index < -0.39 is 6.04 Å². The van der Waals surface area contributed by atoms with Crippen molar-refractivity contribution in [3.05, 3.63) is 35.9 Å². The Hall–Kier alpha value is -1.88. The number of esters is 1. The second-order valence-corrected chi connectivity index (χ2v) is 10.5. The molecule has 4 bridgehead atoms. The Morgan fingerprint density at radius 1 is 1.10 bits per heavy atom. The lowest BCUT2D eigenvalue weighted by Gasteiger charge is -2.66. The van der Waals surface area contributed by atoms with E-state index in [2.05, 4.69) is 42.6 Å². The molecule has 1 N–H and O–H groups in total. The van der Waals surface area contributed by atoms with Crippen molar-refractivity contribution >= 4 is 11.9 Å². The molecule has 5 fully saturated rings. The van der Waals surface area contributed by atoms with Crippen LogP contribution in [0.1, 0.15) is 51.0 Å². The fraction of sp³-hybridized carbons (Fsp3) is 0.667. The molecule has 5 aliphatic rings. The Labute approximate surface area is 173 Å². The number of hydrogen-bond acceptors (Lipinski definition) is 4. The normalized spacial score (nSPS) is 40.7. The van der Waals surface area contributed by atoms with Gasteiger partial charge in [-0.3, -0.25) is 9.59 Å². The van der Waals surface area contributed by atoms with Crippen LogP contribution in [0.5, 0.6) is 0 Å². The number of ether oxygens (including phenoxy) is 1. The van der Waals surface area contributed by atoms with E-state index >= 15 is 0 Å². The fourth-order valence-electron chi connectivity index (χ4n) is 7.84. The number of benzene rings is 1. The molecule has 1 amide bonds. The predicted octanol–water partition coefficient (Wildman–Crippen LogP) is 2.89. The Balaban J connectivity index is 1.47. The zero-order valence-corrected chi connectivity index (χ0v) is 17.6. The molecule has 156 valence electrons. The summed E-state index contributed by atoms with van der Waals surface area (Å²) in [6.45, 7) is 4.15. The summed E-state index contributed by atoms with van der Waals surface area (Å²) >= 11 is 0. The SMILES string of the molecule is COC(=O)[C@H]1CN(C(=O)C23CC4CC(C)(C2)CC(c2ccccc2)(C4)C3)CCN1. The highest BCUT2D eigenvalue weighted by atomic mass is 16.5. The van der Waals surface area contributed by atoms with Crippen LogP contribution in [0.15, 0.2) is 30.3 Å². The van der Waals surface area contributed by atoms with E-state index in [4.69, 9.17) is 4.74 Å². The van der Waals surface area contributed by atoms with Crippen LogP contribution in [0, 0.1) is 16.7 Å². The quantitative estimate of drug-likeness (QED) is 0.798. The van der Waals surface area contributed by atoms with Crippen LogP contribution in [-0.2, 0) is 19.7 Å². The highest BCUT2D eigenvalue weighted by Gasteiger charge is 2.65. The summed E-state index contributed by atoms with van der Waals surface area (Å²) in [6, 6.07) is 10.5. The summed E-state index contributed by atoms with van der Waals surface area (Å²) in [5, 5.41) is 3.20. The number of hydrogen-bond donors (Lipinski definition) is 1. The number of rotatable bonds is 3. The molecular formula is C24H32N2O3. The van der Waals surface area contributed by atoms with Crippen LogP contribution in [-0.4, -0.2) is 49.6 Å². The van der Waals surface area contributed by atoms with Gasteiger partial charge in [-0.2, -0.15) is 0 Å². The van der Waals surface area contributed by atoms with Gasteiger partial charge in [-0.1, -0.05) is 37.3 Å². The standard InChI is InChI=1S/C24H32N2O3/c1-22-10-17-11-23(14-22,18-6-4-3-5-7-18)16-24(12-17,15-22)21(28)26-9-8-25-19(13-26)20(27)29-2/h3-7,17,19,25H,8-16H2,1-2H3/t17?,19-,22?,23?,24?/m1/s1. The van der Waals surface area contributed by atoms with Gasteiger partial charge < -0.3 is 15.0 Å². The molecule has 1 aromatic rings. The van der Waals surface area contributed by atoms with E-state index in [1.165, 1.54) is 31.9 Å². The third kappa shape index (κ3) is 3.00. The van der Waals surface area contributed by atoms with Crippen molar-refractivity contribution in [3.63, 3.8) is 0 Å². The molecule has 4 unspecified atom stereocenters. The molecule has 29 heavy (non-hydrogen) atoms. The summed E-state index contributed by atoms with van der Waals surface area (Å²) in [6.07, 6.45) is 6.64. The van der Waals surface area contributed by atoms with Gasteiger partial charge >= 0.3 is 5.97 Å². The van der Waals surface area contributed by atoms with Gasteiger partial charge in [0, 0.05) is 19.6 Å². The minimum atomic E-state index is -0.412. The van der Waals surface area contributed by atoms with Crippen LogP contribution in [0.3, 0.4) is 0 Å². The Morgan fingerprint density at radius 2 is 1.90 bits per heavy atom. The lowest BCUT2D eigenvalue weighted by Crippen LogP contribution is -2.65. The first-order chi connectivity index (χ1) is 13.9. The first-order valence-electron chi connectivity index (χ1n) is 11.0. The molecule has 4 aliphatic carbocycles. The Morgan fingerprint density at radius 3 is 2.62 bits per heavy atom. The van der Waals surface area contributed by atoms with Crippen molar-refractivity contribution in [1.82, 2.24) is 10.2 Å². The van der Waals surface area contributed by atoms with Gasteiger partial charge in [0.2, 0.25) is 5.91 Å². The molecule has 6 rings (SSSR count). The number of amides is 1. The maximum absolute atomic E-state index is 14.0. The smallest absolute Gasteiger partial charge is 0.324 e. The average molecular weight is 397 g/mol. The number of nitrogens with zero attached hydrogens (tertiary/aromatic N) is 1. The molecule has 1 heterocycles. The van der Waals surface area contributed by atoms with E-state index in [1.807, 2.05) is 4.90 Å². The van der Waals surface area contributed by atoms with Gasteiger partial charge in [0.25, 0.3) is 0 Å². The van der Waals surface area contributed by atoms with E-state index in [9.17, 15) is 9.59 Å². The summed E-state index contributed by atoms with van der Waals surface area (Å²) < 4.78 is 4.92. The third-order valence-electron chi connectivity index (χ3n) is 8.14. The topological polar surface area (TPSA) is 58.6 Å². The van der Waals surface area contributed by atoms with E-state index in [-0.39, 0.29) is 28.1 Å². The van der Waals surface area contributed by atoms with E-state index in [0.717, 1.165) is 19.3 Å². The van der Waals surface area contributed by atoms with Crippen molar-refractivity contribution in [2.75, 3.05) is 26.7 Å². The number of carbonyl (C=O) groups excluding carboxylic acids is 2. The monoisotopic (exact) mass is 396 g/mol. The number of piperazine rings is 1. The number of carbonyl (C=O) groups is 2. The third-order valence-corrected chi connectivity index (χ3v) is 8.14. The summed E-state index contributed by atoms with van der Waals surface area (Å²) in [7, 11) is 1.41. The molecule has 1 aliphatic heterocycles. The Bertz CT molecular complexity index is 827. The number of nitrogens with one attached hydrogen (secondary N) is 1. The molecule has 0 radical (unpaired) electrons. The average Bonchev–Trinajstić information content (AvgIpc) is 2.71. The van der Waals surface area contributed by atoms with E-state index in [0.29, 0.717) is 25.6 Å². The van der Waals surface area contributed by atoms with Gasteiger partial charge in [0.15, 0.2) is 0 Å². The van der Waals surface area contributed by atoms with Crippen LogP contribution in [0.2, 0.25) is 0 Å². The minimum Gasteiger partial charge on any atom is -0.468 e. The molecule has 1 aromatic carbocycles.